The number of hydrogen-bond donors (Lipinski definition) is 5. The number of benzene rings is 2. The highest BCUT2D eigenvalue weighted by Crippen LogP contribution is 2.18. The number of aromatic nitrogens is 2. The fraction of sp³-hybridized carbons (Fsp3) is 0.182. The second kappa shape index (κ2) is 12.0. The van der Waals surface area contributed by atoms with E-state index in [0.29, 0.717) is 0 Å². The first-order chi connectivity index (χ1) is 16.5. The molecular formula is C22H20F2N4O7. The van der Waals surface area contributed by atoms with Gasteiger partial charge in [-0.25, -0.2) is 13.8 Å². The number of primary amides is 1. The van der Waals surface area contributed by atoms with Crippen LogP contribution in [0, 0.1) is 11.6 Å². The second-order valence-electron chi connectivity index (χ2n) is 7.01. The topological polar surface area (TPSA) is 193 Å². The summed E-state index contributed by atoms with van der Waals surface area (Å²) in [6.45, 7) is 0. The average Bonchev–Trinajstić information content (AvgIpc) is 2.76. The molecule has 0 radical (unpaired) electrons. The number of carboxylic acids is 2. The number of nitrogens with two attached hydrogens (primary N) is 1. The van der Waals surface area contributed by atoms with Crippen molar-refractivity contribution in [1.29, 1.82) is 0 Å². The highest BCUT2D eigenvalue weighted by molar-refractivity contribution is 6.03. The molecule has 6 N–H and O–H groups in total. The van der Waals surface area contributed by atoms with Crippen LogP contribution >= 0.6 is 0 Å². The van der Waals surface area contributed by atoms with E-state index in [9.17, 15) is 32.8 Å². The molecular weight excluding hydrogens is 470 g/mol. The number of nitrogens with one attached hydrogen (secondary N) is 2. The van der Waals surface area contributed by atoms with Crippen LogP contribution in [0.3, 0.4) is 0 Å². The second-order valence-corrected chi connectivity index (χ2v) is 7.01. The normalized spacial score (nSPS) is 10.2. The van der Waals surface area contributed by atoms with Crippen LogP contribution in [-0.4, -0.2) is 43.9 Å². The van der Waals surface area contributed by atoms with Gasteiger partial charge in [-0.15, -0.1) is 0 Å². The van der Waals surface area contributed by atoms with E-state index in [1.165, 1.54) is 30.3 Å². The molecule has 2 amide bonds. The minimum atomic E-state index is -1.13. The molecule has 35 heavy (non-hydrogen) atoms. The number of amides is 2. The molecule has 0 spiro atoms. The lowest BCUT2D eigenvalue weighted by molar-refractivity contribution is -0.138. The van der Waals surface area contributed by atoms with E-state index in [1.54, 1.807) is 0 Å². The number of aryl methyl sites for hydroxylation is 1. The zero-order valence-corrected chi connectivity index (χ0v) is 18.0. The van der Waals surface area contributed by atoms with E-state index >= 15 is 0 Å². The molecule has 0 aliphatic rings. The molecule has 0 aliphatic carbocycles. The number of halogens is 2. The van der Waals surface area contributed by atoms with Crippen molar-refractivity contribution in [1.82, 2.24) is 9.97 Å². The Hall–Kier alpha value is -4.68. The Morgan fingerprint density at radius 2 is 1.57 bits per heavy atom. The molecule has 0 bridgehead atoms. The van der Waals surface area contributed by atoms with E-state index in [4.69, 9.17) is 15.9 Å². The number of nitrogens with zero attached hydrogens (tertiary/aromatic N) is 1. The van der Waals surface area contributed by atoms with Gasteiger partial charge in [0.25, 0.3) is 11.5 Å². The first kappa shape index (κ1) is 26.6. The summed E-state index contributed by atoms with van der Waals surface area (Å²) in [4.78, 5) is 61.0. The summed E-state index contributed by atoms with van der Waals surface area (Å²) in [6, 6.07) is 7.78. The Morgan fingerprint density at radius 3 is 2.20 bits per heavy atom. The van der Waals surface area contributed by atoms with Gasteiger partial charge in [0, 0.05) is 12.8 Å². The van der Waals surface area contributed by atoms with Crippen molar-refractivity contribution in [3.63, 3.8) is 0 Å². The summed E-state index contributed by atoms with van der Waals surface area (Å²) >= 11 is 0. The highest BCUT2D eigenvalue weighted by atomic mass is 19.1. The van der Waals surface area contributed by atoms with Crippen LogP contribution in [0.25, 0.3) is 10.9 Å². The molecule has 11 nitrogen and oxygen atoms in total. The molecule has 0 saturated heterocycles. The fourth-order valence-corrected chi connectivity index (χ4v) is 2.85. The maximum Gasteiger partial charge on any atom is 0.303 e. The molecule has 0 unspecified atom stereocenters. The lowest BCUT2D eigenvalue weighted by Crippen LogP contribution is -2.20. The van der Waals surface area contributed by atoms with Crippen LogP contribution in [0.15, 0.2) is 41.2 Å². The Kier molecular flexibility index (Phi) is 9.09. The summed E-state index contributed by atoms with van der Waals surface area (Å²) in [6.07, 6.45) is -0.655. The van der Waals surface area contributed by atoms with Crippen molar-refractivity contribution < 1.29 is 38.2 Å². The van der Waals surface area contributed by atoms with Crippen molar-refractivity contribution in [2.24, 2.45) is 5.73 Å². The van der Waals surface area contributed by atoms with Crippen molar-refractivity contribution in [3.8, 4) is 0 Å². The Labute approximate surface area is 195 Å². The Balaban J connectivity index is 0.000000247. The zero-order chi connectivity index (χ0) is 26.1. The van der Waals surface area contributed by atoms with Crippen LogP contribution in [0.5, 0.6) is 0 Å². The largest absolute Gasteiger partial charge is 0.481 e. The van der Waals surface area contributed by atoms with Gasteiger partial charge in [-0.1, -0.05) is 12.1 Å². The number of H-pyrrole nitrogens is 1. The van der Waals surface area contributed by atoms with E-state index in [-0.39, 0.29) is 48.1 Å². The van der Waals surface area contributed by atoms with Crippen molar-refractivity contribution in [2.75, 3.05) is 5.32 Å². The quantitative estimate of drug-likeness (QED) is 0.315. The van der Waals surface area contributed by atoms with E-state index < -0.39 is 46.5 Å². The van der Waals surface area contributed by atoms with Gasteiger partial charge in [0.15, 0.2) is 0 Å². The van der Waals surface area contributed by atoms with Crippen LogP contribution in [0.1, 0.15) is 35.4 Å². The van der Waals surface area contributed by atoms with Gasteiger partial charge in [-0.3, -0.25) is 24.0 Å². The predicted molar refractivity (Wildman–Crippen MR) is 119 cm³/mol. The standard InChI is InChI=1S/C11H11FN2O4.C11H9FN2O3/c12-6-2-1-3-7(10(6)11(13)18)14-8(15)4-5-9(16)17;12-6-2-1-3-7-10(6)11(17)14-8(13-7)4-5-9(15)16/h1-3H,4-5H2,(H2,13,18)(H,14,15)(H,16,17);1-3H,4-5H2,(H,15,16)(H,13,14,17). The third kappa shape index (κ3) is 7.70. The fourth-order valence-electron chi connectivity index (χ4n) is 2.85. The minimum absolute atomic E-state index is 0.0714. The van der Waals surface area contributed by atoms with Gasteiger partial charge >= 0.3 is 11.9 Å². The number of rotatable bonds is 8. The first-order valence-electron chi connectivity index (χ1n) is 9.98. The van der Waals surface area contributed by atoms with Gasteiger partial charge < -0.3 is 26.2 Å². The summed E-state index contributed by atoms with van der Waals surface area (Å²) in [5.74, 6) is -4.99. The van der Waals surface area contributed by atoms with Crippen molar-refractivity contribution in [2.45, 2.75) is 25.7 Å². The molecule has 1 aromatic heterocycles. The molecule has 1 heterocycles. The summed E-state index contributed by atoms with van der Waals surface area (Å²) in [7, 11) is 0. The Bertz CT molecular complexity index is 1340. The Morgan fingerprint density at radius 1 is 0.943 bits per heavy atom. The number of carbonyl (C=O) groups excluding carboxylic acids is 2. The molecule has 184 valence electrons. The first-order valence-corrected chi connectivity index (χ1v) is 9.98. The molecule has 13 heteroatoms. The molecule has 2 aromatic carbocycles. The number of fused-ring (bicyclic) bond motifs is 1. The lowest BCUT2D eigenvalue weighted by atomic mass is 10.1. The number of hydrogen-bond acceptors (Lipinski definition) is 6. The monoisotopic (exact) mass is 490 g/mol. The van der Waals surface area contributed by atoms with Crippen molar-refractivity contribution in [3.05, 3.63) is 69.8 Å². The lowest BCUT2D eigenvalue weighted by Gasteiger charge is -2.08. The van der Waals surface area contributed by atoms with Gasteiger partial charge in [0.2, 0.25) is 5.91 Å². The van der Waals surface area contributed by atoms with E-state index in [2.05, 4.69) is 15.3 Å². The van der Waals surface area contributed by atoms with Gasteiger partial charge in [-0.2, -0.15) is 0 Å². The minimum Gasteiger partial charge on any atom is -0.481 e. The van der Waals surface area contributed by atoms with E-state index in [1.807, 2.05) is 0 Å². The average molecular weight is 490 g/mol. The van der Waals surface area contributed by atoms with Crippen LogP contribution in [0.4, 0.5) is 14.5 Å². The SMILES string of the molecule is NC(=O)c1c(F)cccc1NC(=O)CCC(=O)O.O=C(O)CCc1nc2cccc(F)c2c(=O)[nH]1. The summed E-state index contributed by atoms with van der Waals surface area (Å²) in [5.41, 5.74) is 4.13. The molecule has 0 atom stereocenters. The zero-order valence-electron chi connectivity index (χ0n) is 18.0. The van der Waals surface area contributed by atoms with Crippen LogP contribution in [0.2, 0.25) is 0 Å². The maximum atomic E-state index is 13.3. The number of aromatic amines is 1. The molecule has 0 fully saturated rings. The highest BCUT2D eigenvalue weighted by Gasteiger charge is 2.16. The predicted octanol–water partition coefficient (Wildman–Crippen LogP) is 1.81. The van der Waals surface area contributed by atoms with Crippen molar-refractivity contribution >= 4 is 40.3 Å². The number of aliphatic carboxylic acids is 2. The summed E-state index contributed by atoms with van der Waals surface area (Å²) in [5, 5.41) is 19.1. The van der Waals surface area contributed by atoms with Gasteiger partial charge in [0.1, 0.15) is 22.8 Å². The van der Waals surface area contributed by atoms with Gasteiger partial charge in [-0.05, 0) is 24.3 Å². The molecule has 0 saturated carbocycles. The maximum absolute atomic E-state index is 13.3. The molecule has 3 aromatic rings. The number of carbonyl (C=O) groups is 4. The van der Waals surface area contributed by atoms with E-state index in [0.717, 1.165) is 6.07 Å². The smallest absolute Gasteiger partial charge is 0.303 e. The summed E-state index contributed by atoms with van der Waals surface area (Å²) < 4.78 is 26.7. The molecule has 0 aliphatic heterocycles. The van der Waals surface area contributed by atoms with Gasteiger partial charge in [0.05, 0.1) is 29.6 Å². The molecule has 3 rings (SSSR count). The van der Waals surface area contributed by atoms with Crippen LogP contribution in [-0.2, 0) is 20.8 Å². The number of carboxylic acid groups (broad SMARTS) is 2. The number of anilines is 1. The third-order valence-corrected chi connectivity index (χ3v) is 4.41. The van der Waals surface area contributed by atoms with Crippen LogP contribution < -0.4 is 16.6 Å². The third-order valence-electron chi connectivity index (χ3n) is 4.41.